The van der Waals surface area contributed by atoms with Gasteiger partial charge in [0.05, 0.1) is 16.2 Å². The van der Waals surface area contributed by atoms with Crippen LogP contribution in [0.25, 0.3) is 6.08 Å². The Morgan fingerprint density at radius 2 is 1.79 bits per heavy atom. The zero-order valence-electron chi connectivity index (χ0n) is 20.7. The quantitative estimate of drug-likeness (QED) is 0.299. The maximum atomic E-state index is 14.0. The van der Waals surface area contributed by atoms with Crippen LogP contribution in [0, 0.1) is 12.7 Å². The number of carbonyl (C=O) groups is 1. The van der Waals surface area contributed by atoms with E-state index < -0.39 is 33.3 Å². The molecule has 202 valence electrons. The van der Waals surface area contributed by atoms with Crippen LogP contribution in [0.1, 0.15) is 41.3 Å². The summed E-state index contributed by atoms with van der Waals surface area (Å²) in [6, 6.07) is 8.77. The topological polar surface area (TPSA) is 72.3 Å². The fraction of sp³-hybridized carbons (Fsp3) is 0.333. The van der Waals surface area contributed by atoms with E-state index in [4.69, 9.17) is 0 Å². The van der Waals surface area contributed by atoms with Crippen molar-refractivity contribution in [2.45, 2.75) is 43.3 Å². The van der Waals surface area contributed by atoms with Crippen molar-refractivity contribution < 1.29 is 30.8 Å². The summed E-state index contributed by atoms with van der Waals surface area (Å²) in [7, 11) is -3.46. The molecule has 1 aliphatic heterocycles. The third kappa shape index (κ3) is 6.50. The minimum atomic E-state index is -4.61. The van der Waals surface area contributed by atoms with Crippen molar-refractivity contribution in [1.82, 2.24) is 14.5 Å². The lowest BCUT2D eigenvalue weighted by Crippen LogP contribution is -2.37. The molecule has 0 unspecified atom stereocenters. The number of likely N-dealkylation sites (tertiary alicyclic amines) is 1. The predicted octanol–water partition coefficient (Wildman–Crippen LogP) is 5.24. The molecule has 0 aliphatic carbocycles. The Morgan fingerprint density at radius 1 is 1.11 bits per heavy atom. The number of imidazole rings is 1. The second-order valence-corrected chi connectivity index (χ2v) is 11.4. The summed E-state index contributed by atoms with van der Waals surface area (Å²) in [6.07, 6.45) is 2.05. The molecule has 11 heteroatoms. The minimum Gasteiger partial charge on any atom is -0.339 e. The second kappa shape index (κ2) is 11.1. The number of rotatable bonds is 7. The first kappa shape index (κ1) is 27.6. The van der Waals surface area contributed by atoms with Crippen LogP contribution in [0.3, 0.4) is 0 Å². The Morgan fingerprint density at radius 3 is 2.45 bits per heavy atom. The van der Waals surface area contributed by atoms with E-state index in [2.05, 4.69) is 4.98 Å². The van der Waals surface area contributed by atoms with Gasteiger partial charge in [-0.3, -0.25) is 4.79 Å². The summed E-state index contributed by atoms with van der Waals surface area (Å²) in [5.41, 5.74) is -0.330. The van der Waals surface area contributed by atoms with Gasteiger partial charge < -0.3 is 9.47 Å². The van der Waals surface area contributed by atoms with E-state index in [1.165, 1.54) is 0 Å². The van der Waals surface area contributed by atoms with Crippen molar-refractivity contribution in [3.63, 3.8) is 0 Å². The predicted molar refractivity (Wildman–Crippen MR) is 134 cm³/mol. The molecule has 3 aromatic rings. The fourth-order valence-electron chi connectivity index (χ4n) is 4.42. The van der Waals surface area contributed by atoms with E-state index in [1.807, 2.05) is 11.5 Å². The molecule has 1 fully saturated rings. The molecule has 0 radical (unpaired) electrons. The number of aryl methyl sites for hydroxylation is 2. The molecule has 1 aromatic heterocycles. The molecule has 6 nitrogen and oxygen atoms in total. The number of amides is 1. The summed E-state index contributed by atoms with van der Waals surface area (Å²) in [5, 5.41) is 0. The van der Waals surface area contributed by atoms with Gasteiger partial charge in [-0.05, 0) is 56.2 Å². The molecule has 1 amide bonds. The Hall–Kier alpha value is -3.47. The molecule has 0 bridgehead atoms. The summed E-state index contributed by atoms with van der Waals surface area (Å²) >= 11 is 0. The van der Waals surface area contributed by atoms with Crippen LogP contribution in [0.2, 0.25) is 0 Å². The Bertz CT molecular complexity index is 1420. The van der Waals surface area contributed by atoms with Gasteiger partial charge in [0.25, 0.3) is 0 Å². The molecule has 2 aromatic carbocycles. The van der Waals surface area contributed by atoms with Crippen molar-refractivity contribution in [2.24, 2.45) is 0 Å². The molecule has 0 N–H and O–H groups in total. The third-order valence-corrected chi connectivity index (χ3v) is 8.34. The zero-order chi connectivity index (χ0) is 27.5. The molecular formula is C27H27F4N3O3S. The van der Waals surface area contributed by atoms with E-state index in [0.717, 1.165) is 29.6 Å². The standard InChI is InChI=1S/C27H27F4N3O3S/c1-19-2-6-23(7-3-19)38(36,37)17-16-34-15-12-32-26(34)20-10-13-33(14-11-20)25(35)9-4-21-18-22(27(29,30)31)5-8-24(21)28/h2-9,12,15,18,20H,10-11,13-14,16-17H2,1H3. The fourth-order valence-corrected chi connectivity index (χ4v) is 5.65. The monoisotopic (exact) mass is 549 g/mol. The second-order valence-electron chi connectivity index (χ2n) is 9.28. The first-order valence-corrected chi connectivity index (χ1v) is 13.7. The third-order valence-electron chi connectivity index (χ3n) is 6.63. The molecule has 4 rings (SSSR count). The van der Waals surface area contributed by atoms with Crippen LogP contribution < -0.4 is 0 Å². The molecule has 38 heavy (non-hydrogen) atoms. The van der Waals surface area contributed by atoms with Gasteiger partial charge in [0.1, 0.15) is 11.6 Å². The van der Waals surface area contributed by atoms with Crippen molar-refractivity contribution in [1.29, 1.82) is 0 Å². The average molecular weight is 550 g/mol. The molecule has 2 heterocycles. The molecular weight excluding hydrogens is 522 g/mol. The van der Waals surface area contributed by atoms with Gasteiger partial charge in [-0.2, -0.15) is 13.2 Å². The van der Waals surface area contributed by atoms with Gasteiger partial charge in [0.15, 0.2) is 9.84 Å². The lowest BCUT2D eigenvalue weighted by atomic mass is 9.95. The van der Waals surface area contributed by atoms with Crippen LogP contribution in [-0.2, 0) is 27.4 Å². The van der Waals surface area contributed by atoms with Crippen LogP contribution in [0.15, 0.2) is 65.8 Å². The number of alkyl halides is 3. The summed E-state index contributed by atoms with van der Waals surface area (Å²) in [4.78, 5) is 18.8. The summed E-state index contributed by atoms with van der Waals surface area (Å²) < 4.78 is 80.0. The average Bonchev–Trinajstić information content (AvgIpc) is 3.35. The normalized spacial score (nSPS) is 15.3. The van der Waals surface area contributed by atoms with E-state index in [0.29, 0.717) is 38.1 Å². The van der Waals surface area contributed by atoms with Crippen LogP contribution in [0.5, 0.6) is 0 Å². The maximum absolute atomic E-state index is 14.0. The number of benzene rings is 2. The number of sulfone groups is 1. The lowest BCUT2D eigenvalue weighted by molar-refractivity contribution is -0.137. The van der Waals surface area contributed by atoms with Gasteiger partial charge in [-0.25, -0.2) is 17.8 Å². The van der Waals surface area contributed by atoms with Gasteiger partial charge in [-0.15, -0.1) is 0 Å². The Kier molecular flexibility index (Phi) is 8.05. The minimum absolute atomic E-state index is 0.0148. The number of hydrogen-bond donors (Lipinski definition) is 0. The van der Waals surface area contributed by atoms with Crippen molar-refractivity contribution in [3.05, 3.63) is 89.3 Å². The van der Waals surface area contributed by atoms with Crippen LogP contribution >= 0.6 is 0 Å². The van der Waals surface area contributed by atoms with Crippen molar-refractivity contribution in [2.75, 3.05) is 18.8 Å². The van der Waals surface area contributed by atoms with Crippen molar-refractivity contribution >= 4 is 21.8 Å². The molecule has 1 aliphatic rings. The first-order valence-electron chi connectivity index (χ1n) is 12.1. The van der Waals surface area contributed by atoms with Gasteiger partial charge in [-0.1, -0.05) is 17.7 Å². The zero-order valence-corrected chi connectivity index (χ0v) is 21.5. The van der Waals surface area contributed by atoms with E-state index in [-0.39, 0.29) is 28.7 Å². The number of halogens is 4. The van der Waals surface area contributed by atoms with Gasteiger partial charge in [0, 0.05) is 49.6 Å². The summed E-state index contributed by atoms with van der Waals surface area (Å²) in [6.45, 7) is 2.90. The SMILES string of the molecule is Cc1ccc(S(=O)(=O)CCn2ccnc2C2CCN(C(=O)C=Cc3cc(C(F)(F)F)ccc3F)CC2)cc1. The molecule has 0 saturated carbocycles. The Labute approximate surface area is 218 Å². The van der Waals surface area contributed by atoms with E-state index in [9.17, 15) is 30.8 Å². The Balaban J connectivity index is 1.35. The number of piperidine rings is 1. The summed E-state index contributed by atoms with van der Waals surface area (Å²) in [5.74, 6) is -0.586. The smallest absolute Gasteiger partial charge is 0.339 e. The first-order chi connectivity index (χ1) is 17.9. The molecule has 0 spiro atoms. The highest BCUT2D eigenvalue weighted by Gasteiger charge is 2.31. The van der Waals surface area contributed by atoms with E-state index in [1.54, 1.807) is 41.6 Å². The molecule has 1 saturated heterocycles. The van der Waals surface area contributed by atoms with Gasteiger partial charge in [0.2, 0.25) is 5.91 Å². The number of nitrogens with zero attached hydrogens (tertiary/aromatic N) is 3. The largest absolute Gasteiger partial charge is 0.416 e. The van der Waals surface area contributed by atoms with Gasteiger partial charge >= 0.3 is 6.18 Å². The lowest BCUT2D eigenvalue weighted by Gasteiger charge is -2.31. The highest BCUT2D eigenvalue weighted by molar-refractivity contribution is 7.91. The number of aromatic nitrogens is 2. The van der Waals surface area contributed by atoms with Crippen LogP contribution in [-0.4, -0.2) is 47.6 Å². The van der Waals surface area contributed by atoms with Crippen LogP contribution in [0.4, 0.5) is 17.6 Å². The van der Waals surface area contributed by atoms with Crippen molar-refractivity contribution in [3.8, 4) is 0 Å². The molecule has 0 atom stereocenters. The highest BCUT2D eigenvalue weighted by atomic mass is 32.2. The maximum Gasteiger partial charge on any atom is 0.416 e. The van der Waals surface area contributed by atoms with E-state index >= 15 is 0 Å². The number of carbonyl (C=O) groups excluding carboxylic acids is 1. The number of hydrogen-bond acceptors (Lipinski definition) is 4. The highest BCUT2D eigenvalue weighted by Crippen LogP contribution is 2.31.